The van der Waals surface area contributed by atoms with Gasteiger partial charge in [-0.25, -0.2) is 14.8 Å². The van der Waals surface area contributed by atoms with E-state index in [1.54, 1.807) is 40.1 Å². The largest absolute Gasteiger partial charge is 0.477 e. The van der Waals surface area contributed by atoms with Crippen molar-refractivity contribution in [1.82, 2.24) is 14.5 Å². The SMILES string of the molecule is CCCCCCc1nc(-c2nc(CCCCCC)c(-c3ccc(-c4ccc(/C=C(/C#N)C(=O)O)s4)s3)s2)sc1-c1ccc2c(c1)c1ccccc1n2CC. The van der Waals surface area contributed by atoms with Crippen LogP contribution in [0.1, 0.15) is 88.4 Å². The Morgan fingerprint density at radius 1 is 0.722 bits per heavy atom. The second-order valence-corrected chi connectivity index (χ2v) is 17.7. The molecule has 0 saturated carbocycles. The molecule has 0 fully saturated rings. The number of para-hydroxylation sites is 1. The summed E-state index contributed by atoms with van der Waals surface area (Å²) in [4.78, 5) is 28.7. The van der Waals surface area contributed by atoms with Gasteiger partial charge < -0.3 is 9.67 Å². The number of hydrogen-bond acceptors (Lipinski definition) is 8. The quantitative estimate of drug-likeness (QED) is 0.0563. The van der Waals surface area contributed by atoms with Crippen molar-refractivity contribution in [2.45, 2.75) is 91.5 Å². The van der Waals surface area contributed by atoms with Crippen LogP contribution in [0.4, 0.5) is 0 Å². The summed E-state index contributed by atoms with van der Waals surface area (Å²) in [5.74, 6) is -1.21. The predicted octanol–water partition coefficient (Wildman–Crippen LogP) is 13.8. The number of nitriles is 1. The van der Waals surface area contributed by atoms with E-state index in [4.69, 9.17) is 9.97 Å². The van der Waals surface area contributed by atoms with Crippen molar-refractivity contribution < 1.29 is 9.90 Å². The summed E-state index contributed by atoms with van der Waals surface area (Å²) in [5.41, 5.74) is 5.83. The molecule has 5 heterocycles. The van der Waals surface area contributed by atoms with Crippen molar-refractivity contribution in [3.05, 3.63) is 88.6 Å². The van der Waals surface area contributed by atoms with Crippen molar-refractivity contribution in [2.24, 2.45) is 0 Å². The summed E-state index contributed by atoms with van der Waals surface area (Å²) in [7, 11) is 0. The molecule has 0 aliphatic rings. The molecule has 7 aromatic rings. The standard InChI is InChI=1S/C44H44N4O2S4/c1-4-7-9-11-16-33-40(28-19-21-36-32(26-28)31-15-13-14-18-35(31)48(36)6-3)53-42(46-33)43-47-34(17-12-10-8-5-2)41(54-43)39-24-23-38(52-39)37-22-20-30(51-37)25-29(27-45)44(49)50/h13-15,18-26H,4-12,16-17H2,1-3H3,(H,49,50)/b29-25-. The highest BCUT2D eigenvalue weighted by Gasteiger charge is 2.22. The molecule has 6 nitrogen and oxygen atoms in total. The summed E-state index contributed by atoms with van der Waals surface area (Å²) in [6.07, 6.45) is 12.8. The molecule has 0 saturated heterocycles. The molecule has 276 valence electrons. The maximum Gasteiger partial charge on any atom is 0.346 e. The molecule has 5 aromatic heterocycles. The highest BCUT2D eigenvalue weighted by Crippen LogP contribution is 2.46. The third-order valence-corrected chi connectivity index (χ3v) is 14.7. The van der Waals surface area contributed by atoms with Crippen molar-refractivity contribution in [2.75, 3.05) is 0 Å². The molecule has 2 aromatic carbocycles. The number of benzene rings is 2. The number of thiophene rings is 2. The Labute approximate surface area is 333 Å². The molecular weight excluding hydrogens is 745 g/mol. The van der Waals surface area contributed by atoms with Crippen LogP contribution in [0.3, 0.4) is 0 Å². The van der Waals surface area contributed by atoms with Crippen LogP contribution in [0.25, 0.3) is 67.8 Å². The van der Waals surface area contributed by atoms with Crippen molar-refractivity contribution in [3.8, 4) is 46.0 Å². The van der Waals surface area contributed by atoms with E-state index in [0.717, 1.165) is 62.6 Å². The van der Waals surface area contributed by atoms with Gasteiger partial charge >= 0.3 is 5.97 Å². The predicted molar refractivity (Wildman–Crippen MR) is 231 cm³/mol. The van der Waals surface area contributed by atoms with Crippen LogP contribution in [0.5, 0.6) is 0 Å². The maximum absolute atomic E-state index is 11.4. The van der Waals surface area contributed by atoms with Crippen LogP contribution in [0, 0.1) is 11.3 Å². The molecule has 0 aliphatic heterocycles. The fourth-order valence-corrected chi connectivity index (χ4v) is 11.5. The highest BCUT2D eigenvalue weighted by molar-refractivity contribution is 7.28. The number of thiazole rings is 2. The zero-order valence-electron chi connectivity index (χ0n) is 31.0. The van der Waals surface area contributed by atoms with E-state index in [1.807, 2.05) is 12.1 Å². The van der Waals surface area contributed by atoms with Gasteiger partial charge in [0.15, 0.2) is 10.0 Å². The Morgan fingerprint density at radius 2 is 1.35 bits per heavy atom. The minimum absolute atomic E-state index is 0.265. The maximum atomic E-state index is 11.4. The van der Waals surface area contributed by atoms with Gasteiger partial charge in [-0.1, -0.05) is 76.6 Å². The lowest BCUT2D eigenvalue weighted by Gasteiger charge is -2.05. The molecule has 54 heavy (non-hydrogen) atoms. The van der Waals surface area contributed by atoms with Gasteiger partial charge in [-0.3, -0.25) is 0 Å². The fourth-order valence-electron chi connectivity index (χ4n) is 7.06. The lowest BCUT2D eigenvalue weighted by atomic mass is 10.0. The van der Waals surface area contributed by atoms with Gasteiger partial charge in [0.2, 0.25) is 0 Å². The van der Waals surface area contributed by atoms with E-state index in [1.165, 1.54) is 104 Å². The number of aryl methyl sites for hydroxylation is 3. The second kappa shape index (κ2) is 17.4. The summed E-state index contributed by atoms with van der Waals surface area (Å²) >= 11 is 6.77. The molecule has 1 N–H and O–H groups in total. The molecule has 0 bridgehead atoms. The summed E-state index contributed by atoms with van der Waals surface area (Å²) in [6.45, 7) is 7.65. The molecule has 10 heteroatoms. The first-order chi connectivity index (χ1) is 26.4. The average molecular weight is 789 g/mol. The highest BCUT2D eigenvalue weighted by atomic mass is 32.1. The van der Waals surface area contributed by atoms with Gasteiger partial charge in [-0.2, -0.15) is 5.26 Å². The van der Waals surface area contributed by atoms with E-state index in [-0.39, 0.29) is 5.57 Å². The Bertz CT molecular complexity index is 2480. The second-order valence-electron chi connectivity index (χ2n) is 13.5. The number of carbonyl (C=O) groups is 1. The molecule has 0 unspecified atom stereocenters. The van der Waals surface area contributed by atoms with Crippen molar-refractivity contribution in [1.29, 1.82) is 5.26 Å². The zero-order valence-corrected chi connectivity index (χ0v) is 34.2. The number of rotatable bonds is 17. The smallest absolute Gasteiger partial charge is 0.346 e. The van der Waals surface area contributed by atoms with Crippen LogP contribution in [-0.4, -0.2) is 25.6 Å². The Balaban J connectivity index is 1.26. The van der Waals surface area contributed by atoms with Crippen molar-refractivity contribution >= 4 is 79.2 Å². The van der Waals surface area contributed by atoms with E-state index < -0.39 is 5.97 Å². The fraction of sp³-hybridized carbons (Fsp3) is 0.318. The van der Waals surface area contributed by atoms with E-state index in [0.29, 0.717) is 0 Å². The number of fused-ring (bicyclic) bond motifs is 3. The number of hydrogen-bond donors (Lipinski definition) is 1. The average Bonchev–Trinajstić information content (AvgIpc) is 4.03. The first kappa shape index (κ1) is 37.9. The van der Waals surface area contributed by atoms with E-state index in [9.17, 15) is 15.2 Å². The molecule has 0 amide bonds. The Morgan fingerprint density at radius 3 is 2.04 bits per heavy atom. The third-order valence-electron chi connectivity index (χ3n) is 9.80. The molecular formula is C44H44N4O2S4. The lowest BCUT2D eigenvalue weighted by Crippen LogP contribution is -1.96. The van der Waals surface area contributed by atoms with E-state index in [2.05, 4.69) is 79.9 Å². The third kappa shape index (κ3) is 8.01. The topological polar surface area (TPSA) is 91.8 Å². The molecule has 7 rings (SSSR count). The minimum Gasteiger partial charge on any atom is -0.477 e. The van der Waals surface area contributed by atoms with Gasteiger partial charge in [0.05, 0.1) is 21.1 Å². The first-order valence-corrected chi connectivity index (χ1v) is 22.3. The Hall–Kier alpha value is -4.40. The van der Waals surface area contributed by atoms with Crippen LogP contribution in [-0.2, 0) is 24.2 Å². The van der Waals surface area contributed by atoms with E-state index >= 15 is 0 Å². The van der Waals surface area contributed by atoms with Crippen LogP contribution in [0.15, 0.2) is 72.3 Å². The van der Waals surface area contributed by atoms with Gasteiger partial charge in [-0.15, -0.1) is 45.3 Å². The number of aliphatic carboxylic acids is 1. The monoisotopic (exact) mass is 788 g/mol. The Kier molecular flexibility index (Phi) is 12.2. The van der Waals surface area contributed by atoms with Crippen LogP contribution < -0.4 is 0 Å². The van der Waals surface area contributed by atoms with Crippen molar-refractivity contribution in [3.63, 3.8) is 0 Å². The normalized spacial score (nSPS) is 11.9. The van der Waals surface area contributed by atoms with Gasteiger partial charge in [0, 0.05) is 47.9 Å². The first-order valence-electron chi connectivity index (χ1n) is 19.0. The van der Waals surface area contributed by atoms with Gasteiger partial charge in [0.1, 0.15) is 11.6 Å². The summed E-state index contributed by atoms with van der Waals surface area (Å²) in [6, 6.07) is 25.7. The number of unbranched alkanes of at least 4 members (excludes halogenated alkanes) is 6. The van der Waals surface area contributed by atoms with Gasteiger partial charge in [-0.05, 0) is 86.7 Å². The van der Waals surface area contributed by atoms with Crippen LogP contribution >= 0.6 is 45.3 Å². The number of carboxylic acids is 1. The summed E-state index contributed by atoms with van der Waals surface area (Å²) < 4.78 is 2.41. The number of nitrogens with zero attached hydrogens (tertiary/aromatic N) is 4. The minimum atomic E-state index is -1.21. The molecule has 0 aliphatic carbocycles. The lowest BCUT2D eigenvalue weighted by molar-refractivity contribution is -0.132. The number of aromatic nitrogens is 3. The number of carboxylic acid groups (broad SMARTS) is 1. The van der Waals surface area contributed by atoms with Gasteiger partial charge in [0.25, 0.3) is 0 Å². The van der Waals surface area contributed by atoms with Crippen LogP contribution in [0.2, 0.25) is 0 Å². The molecule has 0 atom stereocenters. The molecule has 0 radical (unpaired) electrons. The summed E-state index contributed by atoms with van der Waals surface area (Å²) in [5, 5.41) is 23.1. The zero-order chi connectivity index (χ0) is 37.6. The molecule has 0 spiro atoms.